The Kier molecular flexibility index (Phi) is 5.52. The highest BCUT2D eigenvalue weighted by atomic mass is 79.9. The van der Waals surface area contributed by atoms with Gasteiger partial charge in [-0.1, -0.05) is 34.1 Å². The highest BCUT2D eigenvalue weighted by Gasteiger charge is 2.45. The lowest BCUT2D eigenvalue weighted by Crippen LogP contribution is -2.49. The largest absolute Gasteiger partial charge is 0.370 e. The van der Waals surface area contributed by atoms with Crippen molar-refractivity contribution >= 4 is 56.7 Å². The van der Waals surface area contributed by atoms with E-state index in [0.29, 0.717) is 11.3 Å². The van der Waals surface area contributed by atoms with Crippen LogP contribution in [-0.4, -0.2) is 33.9 Å². The van der Waals surface area contributed by atoms with Crippen LogP contribution in [0.1, 0.15) is 16.8 Å². The van der Waals surface area contributed by atoms with Crippen LogP contribution in [0.5, 0.6) is 0 Å². The lowest BCUT2D eigenvalue weighted by atomic mass is 10.2. The number of hydrazine groups is 1. The fraction of sp³-hybridized carbons (Fsp3) is 0.111. The monoisotopic (exact) mass is 446 g/mol. The van der Waals surface area contributed by atoms with Crippen LogP contribution < -0.4 is 16.1 Å². The third-order valence-electron chi connectivity index (χ3n) is 3.95. The number of hydrogen-bond donors (Lipinski definition) is 2. The second-order valence-electron chi connectivity index (χ2n) is 5.80. The first-order valence-corrected chi connectivity index (χ1v) is 9.15. The Morgan fingerprint density at radius 2 is 1.74 bits per heavy atom. The zero-order valence-corrected chi connectivity index (χ0v) is 16.4. The number of benzene rings is 2. The van der Waals surface area contributed by atoms with E-state index >= 15 is 0 Å². The van der Waals surface area contributed by atoms with Crippen LogP contribution >= 0.6 is 28.1 Å². The number of nitrogens with one attached hydrogen (secondary N) is 1. The molecule has 0 spiro atoms. The average Bonchev–Trinajstić information content (AvgIpc) is 2.86. The molecule has 1 atom stereocenters. The van der Waals surface area contributed by atoms with Crippen LogP contribution in [-0.2, 0) is 9.59 Å². The summed E-state index contributed by atoms with van der Waals surface area (Å²) in [7, 11) is 0. The number of carbonyl (C=O) groups excluding carboxylic acids is 3. The van der Waals surface area contributed by atoms with Gasteiger partial charge in [0.2, 0.25) is 11.0 Å². The quantitative estimate of drug-likeness (QED) is 0.684. The van der Waals surface area contributed by atoms with Gasteiger partial charge in [0, 0.05) is 10.0 Å². The number of thiocarbonyl (C=S) groups is 1. The molecule has 0 aliphatic carbocycles. The third-order valence-corrected chi connectivity index (χ3v) is 4.86. The molecule has 1 aliphatic heterocycles. The van der Waals surface area contributed by atoms with Crippen molar-refractivity contribution in [3.05, 3.63) is 64.6 Å². The Bertz CT molecular complexity index is 905. The van der Waals surface area contributed by atoms with E-state index in [-0.39, 0.29) is 11.5 Å². The lowest BCUT2D eigenvalue weighted by molar-refractivity contribution is -0.125. The van der Waals surface area contributed by atoms with Crippen LogP contribution in [0.2, 0.25) is 0 Å². The molecule has 0 saturated carbocycles. The summed E-state index contributed by atoms with van der Waals surface area (Å²) in [6.07, 6.45) is -0.275. The van der Waals surface area contributed by atoms with Gasteiger partial charge in [0.1, 0.15) is 6.04 Å². The second-order valence-corrected chi connectivity index (χ2v) is 7.08. The molecule has 3 rings (SSSR count). The van der Waals surface area contributed by atoms with Crippen molar-refractivity contribution in [2.75, 3.05) is 4.90 Å². The van der Waals surface area contributed by atoms with Crippen molar-refractivity contribution < 1.29 is 14.4 Å². The van der Waals surface area contributed by atoms with Crippen LogP contribution in [0.25, 0.3) is 0 Å². The van der Waals surface area contributed by atoms with Crippen molar-refractivity contribution in [3.63, 3.8) is 0 Å². The van der Waals surface area contributed by atoms with E-state index in [1.54, 1.807) is 54.6 Å². The Labute approximate surface area is 169 Å². The van der Waals surface area contributed by atoms with Crippen molar-refractivity contribution in [2.45, 2.75) is 12.5 Å². The molecule has 3 N–H and O–H groups in total. The minimum Gasteiger partial charge on any atom is -0.370 e. The highest BCUT2D eigenvalue weighted by Crippen LogP contribution is 2.25. The molecule has 1 aliphatic rings. The average molecular weight is 447 g/mol. The molecule has 7 nitrogen and oxygen atoms in total. The predicted octanol–water partition coefficient (Wildman–Crippen LogP) is 1.97. The van der Waals surface area contributed by atoms with Crippen LogP contribution in [0, 0.1) is 0 Å². The summed E-state index contributed by atoms with van der Waals surface area (Å²) in [5.74, 6) is -1.56. The van der Waals surface area contributed by atoms with E-state index in [9.17, 15) is 14.4 Å². The second kappa shape index (κ2) is 7.85. The maximum atomic E-state index is 12.9. The fourth-order valence-electron chi connectivity index (χ4n) is 2.68. The minimum absolute atomic E-state index is 0.0721. The van der Waals surface area contributed by atoms with Gasteiger partial charge < -0.3 is 5.73 Å². The van der Waals surface area contributed by atoms with Gasteiger partial charge >= 0.3 is 0 Å². The first-order valence-electron chi connectivity index (χ1n) is 7.95. The summed E-state index contributed by atoms with van der Waals surface area (Å²) in [6, 6.07) is 14.4. The molecule has 138 valence electrons. The zero-order chi connectivity index (χ0) is 19.6. The van der Waals surface area contributed by atoms with E-state index in [0.717, 1.165) is 4.47 Å². The van der Waals surface area contributed by atoms with Crippen molar-refractivity contribution in [1.29, 1.82) is 0 Å². The molecule has 1 saturated heterocycles. The molecule has 1 fully saturated rings. The Balaban J connectivity index is 1.89. The van der Waals surface area contributed by atoms with Crippen LogP contribution in [0.15, 0.2) is 59.1 Å². The molecule has 0 aromatic heterocycles. The van der Waals surface area contributed by atoms with E-state index in [1.165, 1.54) is 9.91 Å². The number of primary amides is 1. The Hall–Kier alpha value is -2.78. The molecule has 9 heteroatoms. The van der Waals surface area contributed by atoms with Gasteiger partial charge in [-0.3, -0.25) is 24.7 Å². The van der Waals surface area contributed by atoms with E-state index < -0.39 is 23.8 Å². The minimum atomic E-state index is -1.00. The lowest BCUT2D eigenvalue weighted by Gasteiger charge is -2.24. The molecule has 27 heavy (non-hydrogen) atoms. The number of amides is 3. The number of nitrogens with two attached hydrogens (primary N) is 1. The standard InChI is InChI=1S/C18H15BrN4O3S/c19-12-8-6-11(7-9-12)16(25)21-23-14(10-15(20)24)17(26)22(18(23)27)13-4-2-1-3-5-13/h1-9,14H,10H2,(H2,20,24)(H,21,25)/t14-/m0/s1. The smallest absolute Gasteiger partial charge is 0.269 e. The normalized spacial score (nSPS) is 16.6. The fourth-order valence-corrected chi connectivity index (χ4v) is 3.31. The van der Waals surface area contributed by atoms with E-state index in [4.69, 9.17) is 18.0 Å². The molecule has 0 unspecified atom stereocenters. The summed E-state index contributed by atoms with van der Waals surface area (Å²) in [4.78, 5) is 38.2. The highest BCUT2D eigenvalue weighted by molar-refractivity contribution is 9.10. The maximum Gasteiger partial charge on any atom is 0.269 e. The summed E-state index contributed by atoms with van der Waals surface area (Å²) in [6.45, 7) is 0. The summed E-state index contributed by atoms with van der Waals surface area (Å²) in [5, 5.41) is 1.29. The predicted molar refractivity (Wildman–Crippen MR) is 108 cm³/mol. The molecule has 0 bridgehead atoms. The van der Waals surface area contributed by atoms with Gasteiger partial charge in [-0.2, -0.15) is 0 Å². The molecule has 2 aromatic carbocycles. The van der Waals surface area contributed by atoms with E-state index in [1.807, 2.05) is 0 Å². The maximum absolute atomic E-state index is 12.9. The van der Waals surface area contributed by atoms with Gasteiger partial charge in [0.05, 0.1) is 12.1 Å². The van der Waals surface area contributed by atoms with Gasteiger partial charge in [0.25, 0.3) is 11.8 Å². The van der Waals surface area contributed by atoms with Crippen molar-refractivity contribution in [3.8, 4) is 0 Å². The summed E-state index contributed by atoms with van der Waals surface area (Å²) < 4.78 is 0.827. The third kappa shape index (κ3) is 3.99. The summed E-state index contributed by atoms with van der Waals surface area (Å²) >= 11 is 8.70. The Morgan fingerprint density at radius 1 is 1.11 bits per heavy atom. The number of carbonyl (C=O) groups is 3. The molecular formula is C18H15BrN4O3S. The van der Waals surface area contributed by atoms with Crippen LogP contribution in [0.3, 0.4) is 0 Å². The number of halogens is 1. The van der Waals surface area contributed by atoms with Crippen LogP contribution in [0.4, 0.5) is 5.69 Å². The molecule has 1 heterocycles. The SMILES string of the molecule is NC(=O)C[C@H]1C(=O)N(c2ccccc2)C(=S)N1NC(=O)c1ccc(Br)cc1. The van der Waals surface area contributed by atoms with Gasteiger partial charge in [-0.15, -0.1) is 0 Å². The zero-order valence-electron chi connectivity index (χ0n) is 14.0. The molecule has 3 amide bonds. The van der Waals surface area contributed by atoms with E-state index in [2.05, 4.69) is 21.4 Å². The number of rotatable bonds is 5. The topological polar surface area (TPSA) is 95.7 Å². The first-order chi connectivity index (χ1) is 12.9. The first kappa shape index (κ1) is 19.0. The number of para-hydroxylation sites is 1. The molecule has 0 radical (unpaired) electrons. The number of anilines is 1. The van der Waals surface area contributed by atoms with Crippen molar-refractivity contribution in [2.24, 2.45) is 5.73 Å². The summed E-state index contributed by atoms with van der Waals surface area (Å²) in [5.41, 5.74) is 8.83. The van der Waals surface area contributed by atoms with Crippen molar-refractivity contribution in [1.82, 2.24) is 10.4 Å². The molecule has 2 aromatic rings. The van der Waals surface area contributed by atoms with Gasteiger partial charge in [-0.25, -0.2) is 5.01 Å². The Morgan fingerprint density at radius 3 is 2.33 bits per heavy atom. The number of nitrogens with zero attached hydrogens (tertiary/aromatic N) is 2. The van der Waals surface area contributed by atoms with Gasteiger partial charge in [-0.05, 0) is 48.6 Å². The molecular weight excluding hydrogens is 432 g/mol. The van der Waals surface area contributed by atoms with Gasteiger partial charge in [0.15, 0.2) is 0 Å². The number of hydrogen-bond acceptors (Lipinski definition) is 4.